The second kappa shape index (κ2) is 9.58. The minimum absolute atomic E-state index is 0.337. The number of aryl methyl sites for hydroxylation is 3. The number of ether oxygens (including phenoxy) is 1. The van der Waals surface area contributed by atoms with Gasteiger partial charge in [0.1, 0.15) is 6.10 Å². The Labute approximate surface area is 206 Å². The highest BCUT2D eigenvalue weighted by Gasteiger charge is 2.21. The van der Waals surface area contributed by atoms with E-state index in [2.05, 4.69) is 79.5 Å². The lowest BCUT2D eigenvalue weighted by molar-refractivity contribution is 0.0626. The Morgan fingerprint density at radius 2 is 1.71 bits per heavy atom. The zero-order valence-electron chi connectivity index (χ0n) is 20.2. The lowest BCUT2D eigenvalue weighted by Gasteiger charge is -2.22. The summed E-state index contributed by atoms with van der Waals surface area (Å²) in [5, 5.41) is 12.2. The minimum atomic E-state index is -0.337. The first-order valence-electron chi connectivity index (χ1n) is 11.7. The highest BCUT2D eigenvalue weighted by molar-refractivity contribution is 5.86. The van der Waals surface area contributed by atoms with Gasteiger partial charge in [-0.15, -0.1) is 0 Å². The topological polar surface area (TPSA) is 50.8 Å². The van der Waals surface area contributed by atoms with E-state index in [0.717, 1.165) is 27.9 Å². The fourth-order valence-electron chi connectivity index (χ4n) is 4.70. The Morgan fingerprint density at radius 1 is 0.914 bits per heavy atom. The van der Waals surface area contributed by atoms with Gasteiger partial charge in [0.2, 0.25) is 0 Å². The zero-order valence-corrected chi connectivity index (χ0v) is 20.2. The average molecular weight is 458 g/mol. The van der Waals surface area contributed by atoms with E-state index < -0.39 is 0 Å². The van der Waals surface area contributed by atoms with Crippen LogP contribution in [-0.2, 0) is 18.4 Å². The van der Waals surface area contributed by atoms with Crippen LogP contribution in [0.5, 0.6) is 0 Å². The van der Waals surface area contributed by atoms with Gasteiger partial charge in [0, 0.05) is 12.6 Å². The molecule has 0 bridgehead atoms. The summed E-state index contributed by atoms with van der Waals surface area (Å²) in [6.07, 6.45) is 3.31. The summed E-state index contributed by atoms with van der Waals surface area (Å²) in [4.78, 5) is 4.35. The van der Waals surface area contributed by atoms with E-state index in [1.165, 1.54) is 21.9 Å². The highest BCUT2D eigenvalue weighted by Crippen LogP contribution is 2.34. The quantitative estimate of drug-likeness (QED) is 0.275. The molecule has 5 rings (SSSR count). The van der Waals surface area contributed by atoms with Crippen molar-refractivity contribution in [3.8, 4) is 17.2 Å². The summed E-state index contributed by atoms with van der Waals surface area (Å²) < 4.78 is 8.67. The molecule has 1 unspecified atom stereocenters. The van der Waals surface area contributed by atoms with E-state index >= 15 is 0 Å². The van der Waals surface area contributed by atoms with Crippen molar-refractivity contribution in [3.63, 3.8) is 0 Å². The van der Waals surface area contributed by atoms with Gasteiger partial charge in [-0.05, 0) is 64.6 Å². The standard InChI is InChI=1S/C31H27N3O/c1-21-8-4-6-10-26(21)28-16-24(14-15-25(28)17-32)31(30-18-33-20-34(30)3)35-19-29-22(2)12-13-23-9-5-7-11-27(23)29/h4-16,18,20,31H,19H2,1-3H3. The van der Waals surface area contributed by atoms with Crippen LogP contribution in [0.2, 0.25) is 0 Å². The van der Waals surface area contributed by atoms with Gasteiger partial charge < -0.3 is 9.30 Å². The smallest absolute Gasteiger partial charge is 0.124 e. The minimum Gasteiger partial charge on any atom is -0.362 e. The van der Waals surface area contributed by atoms with Gasteiger partial charge in [-0.2, -0.15) is 5.26 Å². The molecule has 0 aliphatic rings. The maximum atomic E-state index is 9.82. The second-order valence-corrected chi connectivity index (χ2v) is 8.93. The van der Waals surface area contributed by atoms with Crippen molar-refractivity contribution in [2.24, 2.45) is 7.05 Å². The maximum Gasteiger partial charge on any atom is 0.124 e. The zero-order chi connectivity index (χ0) is 24.4. The molecule has 0 aliphatic heterocycles. The molecule has 35 heavy (non-hydrogen) atoms. The van der Waals surface area contributed by atoms with E-state index in [1.54, 1.807) is 6.33 Å². The average Bonchev–Trinajstić information content (AvgIpc) is 3.31. The maximum absolute atomic E-state index is 9.82. The molecule has 0 saturated heterocycles. The molecule has 0 N–H and O–H groups in total. The van der Waals surface area contributed by atoms with Gasteiger partial charge in [-0.25, -0.2) is 4.98 Å². The third-order valence-electron chi connectivity index (χ3n) is 6.69. The highest BCUT2D eigenvalue weighted by atomic mass is 16.5. The lowest BCUT2D eigenvalue weighted by atomic mass is 9.92. The van der Waals surface area contributed by atoms with Crippen molar-refractivity contribution in [2.75, 3.05) is 0 Å². The van der Waals surface area contributed by atoms with Crippen molar-refractivity contribution < 1.29 is 4.74 Å². The Kier molecular flexibility index (Phi) is 6.18. The number of rotatable bonds is 6. The van der Waals surface area contributed by atoms with Crippen LogP contribution in [-0.4, -0.2) is 9.55 Å². The molecule has 4 heteroatoms. The number of nitriles is 1. The molecule has 0 fully saturated rings. The van der Waals surface area contributed by atoms with Crippen LogP contribution in [0.25, 0.3) is 21.9 Å². The van der Waals surface area contributed by atoms with Crippen molar-refractivity contribution in [2.45, 2.75) is 26.6 Å². The van der Waals surface area contributed by atoms with Crippen molar-refractivity contribution >= 4 is 10.8 Å². The molecule has 1 atom stereocenters. The predicted octanol–water partition coefficient (Wildman–Crippen LogP) is 7.04. The van der Waals surface area contributed by atoms with E-state index in [9.17, 15) is 5.26 Å². The van der Waals surface area contributed by atoms with Gasteiger partial charge in [-0.1, -0.05) is 66.7 Å². The molecule has 1 aromatic heterocycles. The van der Waals surface area contributed by atoms with Gasteiger partial charge in [0.05, 0.1) is 36.5 Å². The monoisotopic (exact) mass is 457 g/mol. The Hall–Kier alpha value is -4.20. The number of fused-ring (bicyclic) bond motifs is 1. The van der Waals surface area contributed by atoms with Crippen LogP contribution in [0, 0.1) is 25.2 Å². The van der Waals surface area contributed by atoms with Crippen molar-refractivity contribution in [1.82, 2.24) is 9.55 Å². The van der Waals surface area contributed by atoms with Gasteiger partial charge in [-0.3, -0.25) is 0 Å². The van der Waals surface area contributed by atoms with Crippen LogP contribution in [0.15, 0.2) is 91.4 Å². The number of benzene rings is 4. The van der Waals surface area contributed by atoms with Crippen molar-refractivity contribution in [1.29, 1.82) is 5.26 Å². The Bertz CT molecular complexity index is 1560. The third-order valence-corrected chi connectivity index (χ3v) is 6.69. The van der Waals surface area contributed by atoms with Crippen LogP contribution in [0.3, 0.4) is 0 Å². The molecule has 4 aromatic carbocycles. The Morgan fingerprint density at radius 3 is 2.49 bits per heavy atom. The number of nitrogens with zero attached hydrogens (tertiary/aromatic N) is 3. The molecule has 0 spiro atoms. The summed E-state index contributed by atoms with van der Waals surface area (Å²) in [6.45, 7) is 4.66. The predicted molar refractivity (Wildman–Crippen MR) is 140 cm³/mol. The fraction of sp³-hybridized carbons (Fsp3) is 0.161. The van der Waals surface area contributed by atoms with Gasteiger partial charge in [0.15, 0.2) is 0 Å². The molecule has 0 aliphatic carbocycles. The van der Waals surface area contributed by atoms with Crippen LogP contribution < -0.4 is 0 Å². The van der Waals surface area contributed by atoms with Crippen LogP contribution in [0.1, 0.15) is 39.6 Å². The number of hydrogen-bond donors (Lipinski definition) is 0. The first kappa shape index (κ1) is 22.6. The molecular weight excluding hydrogens is 430 g/mol. The molecule has 0 saturated carbocycles. The largest absolute Gasteiger partial charge is 0.362 e. The van der Waals surface area contributed by atoms with E-state index in [1.807, 2.05) is 42.1 Å². The van der Waals surface area contributed by atoms with E-state index in [-0.39, 0.29) is 6.10 Å². The van der Waals surface area contributed by atoms with Crippen LogP contribution in [0.4, 0.5) is 0 Å². The second-order valence-electron chi connectivity index (χ2n) is 8.93. The summed E-state index contributed by atoms with van der Waals surface area (Å²) in [6, 6.07) is 29.2. The summed E-state index contributed by atoms with van der Waals surface area (Å²) in [5.74, 6) is 0. The number of imidazole rings is 1. The lowest BCUT2D eigenvalue weighted by Crippen LogP contribution is -2.11. The molecule has 4 nitrogen and oxygen atoms in total. The first-order valence-corrected chi connectivity index (χ1v) is 11.7. The van der Waals surface area contributed by atoms with Crippen molar-refractivity contribution in [3.05, 3.63) is 125 Å². The third kappa shape index (κ3) is 4.35. The SMILES string of the molecule is Cc1ccccc1-c1cc(C(OCc2c(C)ccc3ccccc23)c2cncn2C)ccc1C#N. The summed E-state index contributed by atoms with van der Waals surface area (Å²) >= 11 is 0. The first-order chi connectivity index (χ1) is 17.1. The summed E-state index contributed by atoms with van der Waals surface area (Å²) in [5.41, 5.74) is 8.09. The van der Waals surface area contributed by atoms with E-state index in [4.69, 9.17) is 4.74 Å². The number of aromatic nitrogens is 2. The fourth-order valence-corrected chi connectivity index (χ4v) is 4.70. The molecule has 5 aromatic rings. The van der Waals surface area contributed by atoms with Gasteiger partial charge >= 0.3 is 0 Å². The van der Waals surface area contributed by atoms with Gasteiger partial charge in [0.25, 0.3) is 0 Å². The normalized spacial score (nSPS) is 11.9. The molecule has 172 valence electrons. The Balaban J connectivity index is 1.59. The van der Waals surface area contributed by atoms with E-state index in [0.29, 0.717) is 12.2 Å². The number of hydrogen-bond acceptors (Lipinski definition) is 3. The summed E-state index contributed by atoms with van der Waals surface area (Å²) in [7, 11) is 1.98. The van der Waals surface area contributed by atoms with Crippen LogP contribution >= 0.6 is 0 Å². The molecule has 1 heterocycles. The molecular formula is C31H27N3O. The molecule has 0 amide bonds. The molecule has 0 radical (unpaired) electrons.